The average Bonchev–Trinajstić information content (AvgIpc) is 3.61. The van der Waals surface area contributed by atoms with Crippen molar-refractivity contribution in [2.24, 2.45) is 16.3 Å². The van der Waals surface area contributed by atoms with E-state index in [0.717, 1.165) is 61.7 Å². The number of aliphatic imine (C=N–C) groups is 1. The summed E-state index contributed by atoms with van der Waals surface area (Å²) in [6.45, 7) is 18.4. The number of aromatic nitrogens is 2. The van der Waals surface area contributed by atoms with Gasteiger partial charge in [0.2, 0.25) is 11.8 Å². The molecule has 2 aliphatic rings. The Labute approximate surface area is 265 Å². The molecule has 1 atom stereocenters. The molecule has 1 fully saturated rings. The Morgan fingerprint density at radius 1 is 1.12 bits per heavy atom. The lowest BCUT2D eigenvalue weighted by atomic mass is 9.79. The lowest BCUT2D eigenvalue weighted by molar-refractivity contribution is -0.121. The number of piperidine rings is 1. The third-order valence-corrected chi connectivity index (χ3v) is 10.7. The zero-order chi connectivity index (χ0) is 30.8. The SMILES string of the molecule is CC1=NC(C(C)(C)C)Cc2cc(CCCN3CCC(C(=O)Nc4ncc(SCc5ncc(C(C)(C)C)o5)s4)CC3)ccc21. The van der Waals surface area contributed by atoms with Crippen LogP contribution in [0.3, 0.4) is 0 Å². The number of aryl methyl sites for hydroxylation is 1. The minimum atomic E-state index is -0.0534. The minimum absolute atomic E-state index is 0.0423. The topological polar surface area (TPSA) is 83.6 Å². The molecule has 9 heteroatoms. The normalized spacial score (nSPS) is 18.4. The van der Waals surface area contributed by atoms with Crippen LogP contribution in [-0.4, -0.2) is 52.2 Å². The van der Waals surface area contributed by atoms with Gasteiger partial charge in [0.1, 0.15) is 5.76 Å². The van der Waals surface area contributed by atoms with Crippen LogP contribution in [0, 0.1) is 11.3 Å². The Hall–Kier alpha value is -2.49. The molecule has 2 aromatic heterocycles. The monoisotopic (exact) mass is 621 g/mol. The van der Waals surface area contributed by atoms with Crippen LogP contribution in [0.5, 0.6) is 0 Å². The largest absolute Gasteiger partial charge is 0.444 e. The first-order valence-corrected chi connectivity index (χ1v) is 17.4. The van der Waals surface area contributed by atoms with E-state index >= 15 is 0 Å². The zero-order valence-corrected chi connectivity index (χ0v) is 28.5. The summed E-state index contributed by atoms with van der Waals surface area (Å²) >= 11 is 3.14. The van der Waals surface area contributed by atoms with Gasteiger partial charge in [-0.25, -0.2) is 9.97 Å². The molecule has 1 N–H and O–H groups in total. The number of hydrogen-bond acceptors (Lipinski definition) is 8. The molecule has 0 aliphatic carbocycles. The zero-order valence-electron chi connectivity index (χ0n) is 26.8. The van der Waals surface area contributed by atoms with Crippen LogP contribution in [0.2, 0.25) is 0 Å². The average molecular weight is 622 g/mol. The van der Waals surface area contributed by atoms with Crippen LogP contribution in [0.25, 0.3) is 0 Å². The number of fused-ring (bicyclic) bond motifs is 1. The number of nitrogens with one attached hydrogen (secondary N) is 1. The van der Waals surface area contributed by atoms with Crippen molar-refractivity contribution in [3.8, 4) is 0 Å². The third kappa shape index (κ3) is 8.37. The van der Waals surface area contributed by atoms with Crippen molar-refractivity contribution in [1.82, 2.24) is 14.9 Å². The predicted octanol–water partition coefficient (Wildman–Crippen LogP) is 7.78. The molecule has 232 valence electrons. The summed E-state index contributed by atoms with van der Waals surface area (Å²) in [7, 11) is 0. The smallest absolute Gasteiger partial charge is 0.229 e. The second-order valence-electron chi connectivity index (χ2n) is 14.1. The molecule has 0 saturated carbocycles. The molecule has 1 amide bonds. The van der Waals surface area contributed by atoms with Gasteiger partial charge >= 0.3 is 0 Å². The summed E-state index contributed by atoms with van der Waals surface area (Å²) in [5, 5.41) is 3.73. The van der Waals surface area contributed by atoms with Gasteiger partial charge in [0.25, 0.3) is 0 Å². The summed E-state index contributed by atoms with van der Waals surface area (Å²) in [5.41, 5.74) is 5.49. The maximum Gasteiger partial charge on any atom is 0.229 e. The number of likely N-dealkylation sites (tertiary alicyclic amines) is 1. The van der Waals surface area contributed by atoms with Crippen LogP contribution in [0.15, 0.2) is 44.2 Å². The van der Waals surface area contributed by atoms with E-state index in [-0.39, 0.29) is 22.7 Å². The van der Waals surface area contributed by atoms with Crippen LogP contribution < -0.4 is 5.32 Å². The van der Waals surface area contributed by atoms with Crippen molar-refractivity contribution in [3.05, 3.63) is 58.9 Å². The lowest BCUT2D eigenvalue weighted by Gasteiger charge is -2.32. The first-order valence-electron chi connectivity index (χ1n) is 15.6. The van der Waals surface area contributed by atoms with Crippen molar-refractivity contribution in [1.29, 1.82) is 0 Å². The highest BCUT2D eigenvalue weighted by molar-refractivity contribution is 8.00. The van der Waals surface area contributed by atoms with Crippen LogP contribution in [0.1, 0.15) is 96.1 Å². The number of carbonyl (C=O) groups is 1. The highest BCUT2D eigenvalue weighted by atomic mass is 32.2. The highest BCUT2D eigenvalue weighted by Gasteiger charge is 2.29. The fourth-order valence-electron chi connectivity index (χ4n) is 5.75. The van der Waals surface area contributed by atoms with E-state index in [9.17, 15) is 4.79 Å². The highest BCUT2D eigenvalue weighted by Crippen LogP contribution is 2.33. The molecule has 5 rings (SSSR count). The summed E-state index contributed by atoms with van der Waals surface area (Å²) in [6, 6.07) is 7.32. The molecule has 43 heavy (non-hydrogen) atoms. The minimum Gasteiger partial charge on any atom is -0.444 e. The van der Waals surface area contributed by atoms with E-state index in [0.29, 0.717) is 22.8 Å². The van der Waals surface area contributed by atoms with Crippen LogP contribution >= 0.6 is 23.1 Å². The number of hydrogen-bond donors (Lipinski definition) is 1. The van der Waals surface area contributed by atoms with Crippen molar-refractivity contribution in [2.75, 3.05) is 25.0 Å². The van der Waals surface area contributed by atoms with Crippen molar-refractivity contribution < 1.29 is 9.21 Å². The number of oxazole rings is 1. The van der Waals surface area contributed by atoms with Gasteiger partial charge in [-0.05, 0) is 80.8 Å². The number of carbonyl (C=O) groups excluding carboxylic acids is 1. The number of amides is 1. The number of rotatable bonds is 9. The molecule has 4 heterocycles. The number of nitrogens with zero attached hydrogens (tertiary/aromatic N) is 4. The Kier molecular flexibility index (Phi) is 9.83. The molecule has 1 aromatic carbocycles. The van der Waals surface area contributed by atoms with Crippen molar-refractivity contribution in [2.45, 2.75) is 102 Å². The van der Waals surface area contributed by atoms with Crippen LogP contribution in [-0.2, 0) is 28.8 Å². The van der Waals surface area contributed by atoms with Gasteiger partial charge in [0, 0.05) is 17.0 Å². The molecule has 1 unspecified atom stereocenters. The molecular formula is C34H47N5O2S2. The van der Waals surface area contributed by atoms with Gasteiger partial charge in [-0.2, -0.15) is 0 Å². The quantitative estimate of drug-likeness (QED) is 0.246. The first-order chi connectivity index (χ1) is 20.3. The molecule has 0 bridgehead atoms. The van der Waals surface area contributed by atoms with E-state index < -0.39 is 0 Å². The summed E-state index contributed by atoms with van der Waals surface area (Å²) in [6.07, 6.45) is 8.67. The molecule has 1 saturated heterocycles. The van der Waals surface area contributed by atoms with Gasteiger partial charge < -0.3 is 14.6 Å². The molecule has 0 spiro atoms. The van der Waals surface area contributed by atoms with E-state index in [1.165, 1.54) is 33.7 Å². The summed E-state index contributed by atoms with van der Waals surface area (Å²) < 4.78 is 6.93. The molecule has 0 radical (unpaired) electrons. The molecule has 3 aromatic rings. The van der Waals surface area contributed by atoms with Gasteiger partial charge in [0.15, 0.2) is 5.13 Å². The number of benzene rings is 1. The Morgan fingerprint density at radius 3 is 2.58 bits per heavy atom. The first kappa shape index (κ1) is 31.9. The van der Waals surface area contributed by atoms with Gasteiger partial charge in [0.05, 0.1) is 28.4 Å². The summed E-state index contributed by atoms with van der Waals surface area (Å²) in [5.74, 6) is 2.38. The predicted molar refractivity (Wildman–Crippen MR) is 179 cm³/mol. The van der Waals surface area contributed by atoms with E-state index in [4.69, 9.17) is 9.41 Å². The molecule has 7 nitrogen and oxygen atoms in total. The Balaban J connectivity index is 1.02. The standard InChI is InChI=1S/C34H47N5O2S2/c1-22-26-11-10-23(17-25(26)18-27(37-22)33(2,3)4)9-8-14-39-15-12-24(13-16-39)31(40)38-32-36-20-30(43-32)42-21-29-35-19-28(41-29)34(5,6)7/h10-11,17,19-20,24,27H,8-9,12-16,18,21H2,1-7H3,(H,36,38,40). The second-order valence-corrected chi connectivity index (χ2v) is 16.4. The maximum absolute atomic E-state index is 13.0. The maximum atomic E-state index is 13.0. The third-order valence-electron chi connectivity index (χ3n) is 8.57. The Morgan fingerprint density at radius 2 is 1.88 bits per heavy atom. The van der Waals surface area contributed by atoms with Gasteiger partial charge in [-0.3, -0.25) is 9.79 Å². The molecular weight excluding hydrogens is 575 g/mol. The van der Waals surface area contributed by atoms with E-state index in [1.54, 1.807) is 11.8 Å². The van der Waals surface area contributed by atoms with Crippen molar-refractivity contribution >= 4 is 39.8 Å². The van der Waals surface area contributed by atoms with Crippen LogP contribution in [0.4, 0.5) is 5.13 Å². The van der Waals surface area contributed by atoms with Gasteiger partial charge in [-0.15, -0.1) is 11.8 Å². The fourth-order valence-corrected chi connectivity index (χ4v) is 7.48. The summed E-state index contributed by atoms with van der Waals surface area (Å²) in [4.78, 5) is 29.3. The number of anilines is 1. The van der Waals surface area contributed by atoms with E-state index in [1.807, 2.05) is 12.4 Å². The fraction of sp³-hybridized carbons (Fsp3) is 0.588. The number of thiazole rings is 1. The Bertz CT molecular complexity index is 1440. The second kappa shape index (κ2) is 13.2. The number of thioether (sulfide) groups is 1. The van der Waals surface area contributed by atoms with Crippen molar-refractivity contribution in [3.63, 3.8) is 0 Å². The van der Waals surface area contributed by atoms with Gasteiger partial charge in [-0.1, -0.05) is 71.1 Å². The molecule has 2 aliphatic heterocycles. The lowest BCUT2D eigenvalue weighted by Crippen LogP contribution is -2.38. The van der Waals surface area contributed by atoms with E-state index in [2.05, 4.69) is 86.8 Å².